The summed E-state index contributed by atoms with van der Waals surface area (Å²) in [7, 11) is 0. The van der Waals surface area contributed by atoms with E-state index >= 15 is 0 Å². The van der Waals surface area contributed by atoms with Gasteiger partial charge in [-0.25, -0.2) is 4.39 Å². The number of hydrogen-bond acceptors (Lipinski definition) is 2. The van der Waals surface area contributed by atoms with Crippen LogP contribution in [0.25, 0.3) is 0 Å². The summed E-state index contributed by atoms with van der Waals surface area (Å²) in [4.78, 5) is 0. The number of nitrogens with one attached hydrogen (secondary N) is 1. The van der Waals surface area contributed by atoms with Crippen molar-refractivity contribution in [3.05, 3.63) is 35.6 Å². The lowest BCUT2D eigenvalue weighted by atomic mass is 9.88. The molecule has 0 aliphatic heterocycles. The smallest absolute Gasteiger partial charge is 0.129 e. The lowest BCUT2D eigenvalue weighted by Gasteiger charge is -2.29. The van der Waals surface area contributed by atoms with Gasteiger partial charge in [-0.15, -0.1) is 0 Å². The highest BCUT2D eigenvalue weighted by molar-refractivity contribution is 5.20. The first kappa shape index (κ1) is 14.1. The zero-order chi connectivity index (χ0) is 13.1. The highest BCUT2D eigenvalue weighted by atomic mass is 19.1. The largest absolute Gasteiger partial charge is 0.387 e. The molecule has 0 saturated carbocycles. The zero-order valence-corrected chi connectivity index (χ0v) is 11.0. The lowest BCUT2D eigenvalue weighted by Crippen LogP contribution is -2.39. The molecule has 2 N–H and O–H groups in total. The van der Waals surface area contributed by atoms with Crippen molar-refractivity contribution in [1.29, 1.82) is 0 Å². The van der Waals surface area contributed by atoms with Crippen LogP contribution < -0.4 is 5.32 Å². The third-order valence-corrected chi connectivity index (χ3v) is 3.18. The Bertz CT molecular complexity index is 359. The minimum atomic E-state index is -0.805. The van der Waals surface area contributed by atoms with Gasteiger partial charge in [-0.1, -0.05) is 39.0 Å². The predicted molar refractivity (Wildman–Crippen MR) is 68.3 cm³/mol. The molecule has 0 fully saturated rings. The van der Waals surface area contributed by atoms with E-state index in [1.165, 1.54) is 6.07 Å². The van der Waals surface area contributed by atoms with E-state index in [-0.39, 0.29) is 17.3 Å². The van der Waals surface area contributed by atoms with E-state index in [2.05, 4.69) is 33.0 Å². The van der Waals surface area contributed by atoms with Gasteiger partial charge in [0.25, 0.3) is 0 Å². The van der Waals surface area contributed by atoms with E-state index in [0.717, 1.165) is 0 Å². The fraction of sp³-hybridized carbons (Fsp3) is 0.571. The molecular weight excluding hydrogens is 217 g/mol. The Morgan fingerprint density at radius 3 is 2.41 bits per heavy atom. The summed E-state index contributed by atoms with van der Waals surface area (Å²) in [6, 6.07) is 6.59. The molecule has 0 aliphatic rings. The molecule has 0 aliphatic carbocycles. The van der Waals surface area contributed by atoms with Crippen molar-refractivity contribution < 1.29 is 9.50 Å². The minimum absolute atomic E-state index is 0.120. The van der Waals surface area contributed by atoms with Crippen LogP contribution in [0.4, 0.5) is 4.39 Å². The molecule has 0 heterocycles. The van der Waals surface area contributed by atoms with Crippen LogP contribution in [0, 0.1) is 11.2 Å². The zero-order valence-electron chi connectivity index (χ0n) is 11.0. The van der Waals surface area contributed by atoms with Crippen molar-refractivity contribution in [2.45, 2.75) is 39.8 Å². The van der Waals surface area contributed by atoms with Gasteiger partial charge in [-0.3, -0.25) is 0 Å². The van der Waals surface area contributed by atoms with Crippen LogP contribution in [0.2, 0.25) is 0 Å². The fourth-order valence-corrected chi connectivity index (χ4v) is 1.45. The van der Waals surface area contributed by atoms with Crippen LogP contribution in [0.5, 0.6) is 0 Å². The maximum atomic E-state index is 13.4. The third-order valence-electron chi connectivity index (χ3n) is 3.18. The Labute approximate surface area is 103 Å². The van der Waals surface area contributed by atoms with Crippen LogP contribution in [-0.2, 0) is 0 Å². The summed E-state index contributed by atoms with van der Waals surface area (Å²) >= 11 is 0. The molecule has 3 heteroatoms. The topological polar surface area (TPSA) is 32.3 Å². The molecule has 1 rings (SSSR count). The first-order chi connectivity index (χ1) is 7.82. The highest BCUT2D eigenvalue weighted by Crippen LogP contribution is 2.20. The van der Waals surface area contributed by atoms with Crippen LogP contribution in [-0.4, -0.2) is 17.7 Å². The number of hydrogen-bond donors (Lipinski definition) is 2. The summed E-state index contributed by atoms with van der Waals surface area (Å²) in [5.74, 6) is -0.356. The Kier molecular flexibility index (Phi) is 4.66. The van der Waals surface area contributed by atoms with Gasteiger partial charge in [0.2, 0.25) is 0 Å². The molecule has 1 aromatic carbocycles. The van der Waals surface area contributed by atoms with Gasteiger partial charge in [-0.05, 0) is 18.4 Å². The average Bonchev–Trinajstić information content (AvgIpc) is 2.24. The molecule has 2 nitrogen and oxygen atoms in total. The molecule has 0 aromatic heterocycles. The molecule has 2 unspecified atom stereocenters. The number of benzene rings is 1. The normalized spacial score (nSPS) is 15.6. The van der Waals surface area contributed by atoms with Crippen molar-refractivity contribution >= 4 is 0 Å². The third kappa shape index (κ3) is 4.10. The van der Waals surface area contributed by atoms with Gasteiger partial charge >= 0.3 is 0 Å². The van der Waals surface area contributed by atoms with Crippen molar-refractivity contribution in [3.63, 3.8) is 0 Å². The van der Waals surface area contributed by atoms with Crippen LogP contribution in [0.3, 0.4) is 0 Å². The maximum absolute atomic E-state index is 13.4. The molecule has 2 atom stereocenters. The minimum Gasteiger partial charge on any atom is -0.387 e. The quantitative estimate of drug-likeness (QED) is 0.846. The molecule has 0 radical (unpaired) electrons. The fourth-order valence-electron chi connectivity index (χ4n) is 1.45. The summed E-state index contributed by atoms with van der Waals surface area (Å²) in [6.07, 6.45) is -0.805. The highest BCUT2D eigenvalue weighted by Gasteiger charge is 2.21. The molecular formula is C14H22FNO. The van der Waals surface area contributed by atoms with Crippen molar-refractivity contribution in [1.82, 2.24) is 5.32 Å². The van der Waals surface area contributed by atoms with Gasteiger partial charge in [0.05, 0.1) is 6.10 Å². The maximum Gasteiger partial charge on any atom is 0.129 e. The Balaban J connectivity index is 2.57. The summed E-state index contributed by atoms with van der Waals surface area (Å²) in [6.45, 7) is 8.80. The van der Waals surface area contributed by atoms with E-state index < -0.39 is 6.10 Å². The Morgan fingerprint density at radius 1 is 1.29 bits per heavy atom. The van der Waals surface area contributed by atoms with E-state index in [1.807, 2.05) is 0 Å². The second kappa shape index (κ2) is 5.61. The van der Waals surface area contributed by atoms with Crippen LogP contribution in [0.1, 0.15) is 39.4 Å². The van der Waals surface area contributed by atoms with E-state index in [0.29, 0.717) is 12.1 Å². The standard InChI is InChI=1S/C14H22FNO/c1-10(14(2,3)4)16-9-13(17)11-7-5-6-8-12(11)15/h5-8,10,13,16-17H,9H2,1-4H3. The van der Waals surface area contributed by atoms with Crippen molar-refractivity contribution in [2.24, 2.45) is 5.41 Å². The summed E-state index contributed by atoms with van der Waals surface area (Å²) < 4.78 is 13.4. The number of aliphatic hydroxyl groups is 1. The first-order valence-corrected chi connectivity index (χ1v) is 5.98. The van der Waals surface area contributed by atoms with Gasteiger partial charge in [0.1, 0.15) is 5.82 Å². The summed E-state index contributed by atoms with van der Waals surface area (Å²) in [5.41, 5.74) is 0.468. The molecule has 96 valence electrons. The molecule has 1 aromatic rings. The van der Waals surface area contributed by atoms with Gasteiger partial charge in [0.15, 0.2) is 0 Å². The summed E-state index contributed by atoms with van der Waals surface area (Å²) in [5, 5.41) is 13.1. The Hall–Kier alpha value is -0.930. The molecule has 0 spiro atoms. The SMILES string of the molecule is CC(NCC(O)c1ccccc1F)C(C)(C)C. The van der Waals surface area contributed by atoms with Crippen LogP contribution >= 0.6 is 0 Å². The van der Waals surface area contributed by atoms with Crippen molar-refractivity contribution in [2.75, 3.05) is 6.54 Å². The van der Waals surface area contributed by atoms with E-state index in [9.17, 15) is 9.50 Å². The number of aliphatic hydroxyl groups excluding tert-OH is 1. The lowest BCUT2D eigenvalue weighted by molar-refractivity contribution is 0.154. The molecule has 17 heavy (non-hydrogen) atoms. The Morgan fingerprint density at radius 2 is 1.88 bits per heavy atom. The second-order valence-electron chi connectivity index (χ2n) is 5.53. The molecule has 0 saturated heterocycles. The average molecular weight is 239 g/mol. The van der Waals surface area contributed by atoms with E-state index in [4.69, 9.17) is 0 Å². The first-order valence-electron chi connectivity index (χ1n) is 5.98. The van der Waals surface area contributed by atoms with Gasteiger partial charge < -0.3 is 10.4 Å². The monoisotopic (exact) mass is 239 g/mol. The molecule has 0 amide bonds. The number of halogens is 1. The van der Waals surface area contributed by atoms with E-state index in [1.54, 1.807) is 18.2 Å². The second-order valence-corrected chi connectivity index (χ2v) is 5.53. The number of rotatable bonds is 4. The van der Waals surface area contributed by atoms with Gasteiger partial charge in [0, 0.05) is 18.2 Å². The molecule has 0 bridgehead atoms. The van der Waals surface area contributed by atoms with Crippen LogP contribution in [0.15, 0.2) is 24.3 Å². The van der Waals surface area contributed by atoms with Crippen molar-refractivity contribution in [3.8, 4) is 0 Å². The van der Waals surface area contributed by atoms with Gasteiger partial charge in [-0.2, -0.15) is 0 Å². The predicted octanol–water partition coefficient (Wildman–Crippen LogP) is 2.88.